The Kier molecular flexibility index (Phi) is 3.35. The number of carbonyl (C=O) groups is 1. The number of hydrogen-bond acceptors (Lipinski definition) is 5. The predicted octanol–water partition coefficient (Wildman–Crippen LogP) is 2.96. The molecule has 0 bridgehead atoms. The molecule has 0 aliphatic rings. The van der Waals surface area contributed by atoms with Gasteiger partial charge in [0.05, 0.1) is 25.2 Å². The van der Waals surface area contributed by atoms with Gasteiger partial charge in [0.1, 0.15) is 9.52 Å². The van der Waals surface area contributed by atoms with Gasteiger partial charge < -0.3 is 9.72 Å². The van der Waals surface area contributed by atoms with Crippen LogP contribution in [0.5, 0.6) is 0 Å². The fourth-order valence-corrected chi connectivity index (χ4v) is 2.68. The van der Waals surface area contributed by atoms with Gasteiger partial charge in [-0.3, -0.25) is 4.98 Å². The van der Waals surface area contributed by atoms with Crippen LogP contribution in [-0.2, 0) is 4.74 Å². The minimum atomic E-state index is -0.346. The molecule has 0 aliphatic carbocycles. The van der Waals surface area contributed by atoms with Crippen molar-refractivity contribution in [2.75, 3.05) is 7.11 Å². The standard InChI is InChI=1S/C11H10N2O2S2/c1-6-5-17-10(11(14)15-2)9(6)7-3-12-4-8(16)13-7/h3-5H,1-2H3,(H,13,16). The Morgan fingerprint density at radius 3 is 2.94 bits per heavy atom. The number of ether oxygens (including phenoxy) is 1. The summed E-state index contributed by atoms with van der Waals surface area (Å²) in [5.74, 6) is -0.346. The zero-order chi connectivity index (χ0) is 12.4. The molecule has 0 unspecified atom stereocenters. The molecule has 4 nitrogen and oxygen atoms in total. The number of nitrogens with one attached hydrogen (secondary N) is 1. The van der Waals surface area contributed by atoms with E-state index in [4.69, 9.17) is 17.0 Å². The lowest BCUT2D eigenvalue weighted by Gasteiger charge is -2.04. The van der Waals surface area contributed by atoms with Crippen molar-refractivity contribution >= 4 is 29.5 Å². The molecule has 2 rings (SSSR count). The van der Waals surface area contributed by atoms with Crippen LogP contribution < -0.4 is 0 Å². The maximum atomic E-state index is 11.6. The van der Waals surface area contributed by atoms with Crippen molar-refractivity contribution in [2.24, 2.45) is 0 Å². The number of methoxy groups -OCH3 is 1. The molecule has 0 atom stereocenters. The highest BCUT2D eigenvalue weighted by atomic mass is 32.1. The number of aryl methyl sites for hydroxylation is 1. The fraction of sp³-hybridized carbons (Fsp3) is 0.182. The third-order valence-electron chi connectivity index (χ3n) is 2.27. The third-order valence-corrected chi connectivity index (χ3v) is 3.55. The zero-order valence-corrected chi connectivity index (χ0v) is 10.9. The highest BCUT2D eigenvalue weighted by Crippen LogP contribution is 2.31. The Morgan fingerprint density at radius 2 is 2.29 bits per heavy atom. The summed E-state index contributed by atoms with van der Waals surface area (Å²) in [6, 6.07) is 0. The summed E-state index contributed by atoms with van der Waals surface area (Å²) in [5.41, 5.74) is 2.53. The van der Waals surface area contributed by atoms with Gasteiger partial charge in [-0.05, 0) is 17.9 Å². The summed E-state index contributed by atoms with van der Waals surface area (Å²) >= 11 is 6.38. The lowest BCUT2D eigenvalue weighted by Crippen LogP contribution is -2.01. The van der Waals surface area contributed by atoms with Crippen LogP contribution in [0.2, 0.25) is 0 Å². The Labute approximate surface area is 107 Å². The molecule has 0 saturated heterocycles. The van der Waals surface area contributed by atoms with Crippen molar-refractivity contribution in [2.45, 2.75) is 6.92 Å². The molecule has 0 amide bonds. The molecule has 2 aromatic heterocycles. The first-order valence-corrected chi connectivity index (χ1v) is 6.13. The van der Waals surface area contributed by atoms with Crippen molar-refractivity contribution in [3.05, 3.63) is 32.9 Å². The molecule has 2 aromatic rings. The van der Waals surface area contributed by atoms with Gasteiger partial charge in [0, 0.05) is 5.56 Å². The number of hydrogen-bond donors (Lipinski definition) is 1. The number of H-pyrrole nitrogens is 1. The Hall–Kier alpha value is -1.53. The molecule has 0 spiro atoms. The van der Waals surface area contributed by atoms with Crippen LogP contribution >= 0.6 is 23.6 Å². The van der Waals surface area contributed by atoms with Crippen LogP contribution in [0.3, 0.4) is 0 Å². The lowest BCUT2D eigenvalue weighted by molar-refractivity contribution is 0.0607. The molecule has 17 heavy (non-hydrogen) atoms. The average molecular weight is 266 g/mol. The van der Waals surface area contributed by atoms with Gasteiger partial charge in [0.15, 0.2) is 0 Å². The third kappa shape index (κ3) is 2.27. The highest BCUT2D eigenvalue weighted by Gasteiger charge is 2.18. The van der Waals surface area contributed by atoms with Crippen LogP contribution in [0.25, 0.3) is 11.3 Å². The quantitative estimate of drug-likeness (QED) is 0.670. The first kappa shape index (κ1) is 11.9. The van der Waals surface area contributed by atoms with Gasteiger partial charge in [0.25, 0.3) is 0 Å². The Bertz CT molecular complexity index is 616. The minimum Gasteiger partial charge on any atom is -0.465 e. The summed E-state index contributed by atoms with van der Waals surface area (Å²) in [5, 5.41) is 1.91. The van der Waals surface area contributed by atoms with E-state index >= 15 is 0 Å². The lowest BCUT2D eigenvalue weighted by atomic mass is 10.1. The van der Waals surface area contributed by atoms with E-state index in [9.17, 15) is 4.79 Å². The van der Waals surface area contributed by atoms with Crippen molar-refractivity contribution in [3.8, 4) is 11.3 Å². The number of thiophene rings is 1. The second-order valence-corrected chi connectivity index (χ2v) is 4.74. The highest BCUT2D eigenvalue weighted by molar-refractivity contribution is 7.71. The number of carbonyl (C=O) groups excluding carboxylic acids is 1. The summed E-state index contributed by atoms with van der Waals surface area (Å²) < 4.78 is 5.28. The van der Waals surface area contributed by atoms with E-state index in [1.807, 2.05) is 12.3 Å². The van der Waals surface area contributed by atoms with Gasteiger partial charge in [-0.15, -0.1) is 11.3 Å². The first-order chi connectivity index (χ1) is 8.13. The van der Waals surface area contributed by atoms with Crippen LogP contribution in [0.4, 0.5) is 0 Å². The molecule has 0 aliphatic heterocycles. The summed E-state index contributed by atoms with van der Waals surface area (Å²) in [7, 11) is 1.37. The van der Waals surface area contributed by atoms with Gasteiger partial charge in [-0.1, -0.05) is 12.2 Å². The molecule has 6 heteroatoms. The molecule has 0 aromatic carbocycles. The number of rotatable bonds is 2. The van der Waals surface area contributed by atoms with Crippen LogP contribution in [0.15, 0.2) is 17.8 Å². The second kappa shape index (κ2) is 4.77. The van der Waals surface area contributed by atoms with Crippen molar-refractivity contribution in [1.29, 1.82) is 0 Å². The van der Waals surface area contributed by atoms with Crippen LogP contribution in [0, 0.1) is 11.6 Å². The van der Waals surface area contributed by atoms with E-state index < -0.39 is 0 Å². The van der Waals surface area contributed by atoms with E-state index in [1.54, 1.807) is 12.4 Å². The van der Waals surface area contributed by atoms with Crippen molar-refractivity contribution < 1.29 is 9.53 Å². The second-order valence-electron chi connectivity index (χ2n) is 3.42. The van der Waals surface area contributed by atoms with Crippen molar-refractivity contribution in [1.82, 2.24) is 9.97 Å². The smallest absolute Gasteiger partial charge is 0.348 e. The maximum Gasteiger partial charge on any atom is 0.348 e. The molecule has 0 radical (unpaired) electrons. The molecule has 1 N–H and O–H groups in total. The Morgan fingerprint density at radius 1 is 1.53 bits per heavy atom. The van der Waals surface area contributed by atoms with Gasteiger partial charge in [-0.2, -0.15) is 0 Å². The van der Waals surface area contributed by atoms with E-state index in [0.29, 0.717) is 9.52 Å². The predicted molar refractivity (Wildman–Crippen MR) is 68.8 cm³/mol. The summed E-state index contributed by atoms with van der Waals surface area (Å²) in [6.07, 6.45) is 3.20. The molecule has 0 saturated carbocycles. The first-order valence-electron chi connectivity index (χ1n) is 4.84. The van der Waals surface area contributed by atoms with E-state index in [2.05, 4.69) is 9.97 Å². The van der Waals surface area contributed by atoms with E-state index in [0.717, 1.165) is 16.8 Å². The van der Waals surface area contributed by atoms with E-state index in [-0.39, 0.29) is 5.97 Å². The Balaban J connectivity index is 2.62. The molecule has 88 valence electrons. The van der Waals surface area contributed by atoms with Gasteiger partial charge >= 0.3 is 5.97 Å². The summed E-state index contributed by atoms with van der Waals surface area (Å²) in [6.45, 7) is 1.93. The molecular formula is C11H10N2O2S2. The number of aromatic nitrogens is 2. The van der Waals surface area contributed by atoms with Gasteiger partial charge in [-0.25, -0.2) is 4.79 Å². The SMILES string of the molecule is COC(=O)c1scc(C)c1-c1cncc(=S)[nH]1. The summed E-state index contributed by atoms with van der Waals surface area (Å²) in [4.78, 5) is 19.2. The molecule has 2 heterocycles. The molecule has 0 fully saturated rings. The normalized spacial score (nSPS) is 10.2. The fourth-order valence-electron chi connectivity index (χ4n) is 1.53. The number of aromatic amines is 1. The monoisotopic (exact) mass is 266 g/mol. The topological polar surface area (TPSA) is 55.0 Å². The van der Waals surface area contributed by atoms with Crippen molar-refractivity contribution in [3.63, 3.8) is 0 Å². The zero-order valence-electron chi connectivity index (χ0n) is 9.31. The van der Waals surface area contributed by atoms with Gasteiger partial charge in [0.2, 0.25) is 0 Å². The number of esters is 1. The van der Waals surface area contributed by atoms with Crippen LogP contribution in [0.1, 0.15) is 15.2 Å². The minimum absolute atomic E-state index is 0.346. The average Bonchev–Trinajstić information content (AvgIpc) is 2.70. The number of nitrogens with zero attached hydrogens (tertiary/aromatic N) is 1. The maximum absolute atomic E-state index is 11.6. The molecular weight excluding hydrogens is 256 g/mol. The van der Waals surface area contributed by atoms with E-state index in [1.165, 1.54) is 18.4 Å². The van der Waals surface area contributed by atoms with Crippen LogP contribution in [-0.4, -0.2) is 23.0 Å². The largest absolute Gasteiger partial charge is 0.465 e.